The first-order valence-electron chi connectivity index (χ1n) is 5.42. The largest absolute Gasteiger partial charge is 0.484 e. The Morgan fingerprint density at radius 3 is 2.94 bits per heavy atom. The highest BCUT2D eigenvalue weighted by atomic mass is 32.1. The van der Waals surface area contributed by atoms with Crippen LogP contribution in [-0.4, -0.2) is 10.2 Å². The van der Waals surface area contributed by atoms with Gasteiger partial charge in [0.1, 0.15) is 5.75 Å². The van der Waals surface area contributed by atoms with Crippen LogP contribution in [0.25, 0.3) is 0 Å². The van der Waals surface area contributed by atoms with E-state index in [0.29, 0.717) is 11.8 Å². The van der Waals surface area contributed by atoms with Crippen LogP contribution in [0.4, 0.5) is 0 Å². The number of aromatic amines is 1. The third-order valence-electron chi connectivity index (χ3n) is 2.37. The first-order chi connectivity index (χ1) is 8.15. The lowest BCUT2D eigenvalue weighted by Gasteiger charge is -2.08. The van der Waals surface area contributed by atoms with E-state index in [2.05, 4.69) is 30.1 Å². The number of rotatable bonds is 4. The van der Waals surface area contributed by atoms with E-state index in [1.54, 1.807) is 0 Å². The van der Waals surface area contributed by atoms with Gasteiger partial charge in [-0.3, -0.25) is 0 Å². The van der Waals surface area contributed by atoms with E-state index in [-0.39, 0.29) is 11.4 Å². The zero-order valence-corrected chi connectivity index (χ0v) is 10.6. The fourth-order valence-electron chi connectivity index (χ4n) is 1.43. The molecule has 1 aromatic heterocycles. The average molecular weight is 250 g/mol. The van der Waals surface area contributed by atoms with Gasteiger partial charge in [0.05, 0.1) is 0 Å². The third kappa shape index (κ3) is 3.17. The van der Waals surface area contributed by atoms with Gasteiger partial charge in [0.15, 0.2) is 6.61 Å². The fraction of sp³-hybridized carbons (Fsp3) is 0.333. The standard InChI is InChI=1S/C12H14N2O2S/c1-8(2)9-4-3-5-10(6-9)15-7-11-13-14-12(17)16-11/h3-6,8H,7H2,1-2H3,(H,14,17). The Morgan fingerprint density at radius 2 is 2.29 bits per heavy atom. The van der Waals surface area contributed by atoms with Crippen molar-refractivity contribution in [2.24, 2.45) is 0 Å². The molecule has 0 radical (unpaired) electrons. The Labute approximate surface area is 105 Å². The van der Waals surface area contributed by atoms with Crippen LogP contribution in [0.2, 0.25) is 0 Å². The van der Waals surface area contributed by atoms with Crippen molar-refractivity contribution in [1.29, 1.82) is 0 Å². The maximum absolute atomic E-state index is 5.57. The molecule has 0 saturated heterocycles. The van der Waals surface area contributed by atoms with Crippen LogP contribution in [0.5, 0.6) is 5.75 Å². The van der Waals surface area contributed by atoms with Crippen molar-refractivity contribution < 1.29 is 9.15 Å². The highest BCUT2D eigenvalue weighted by Crippen LogP contribution is 2.20. The van der Waals surface area contributed by atoms with Gasteiger partial charge in [-0.25, -0.2) is 5.10 Å². The molecular weight excluding hydrogens is 236 g/mol. The number of H-pyrrole nitrogens is 1. The van der Waals surface area contributed by atoms with Crippen molar-refractivity contribution >= 4 is 12.2 Å². The molecule has 0 spiro atoms. The summed E-state index contributed by atoms with van der Waals surface area (Å²) in [5, 5.41) is 6.42. The number of hydrogen-bond acceptors (Lipinski definition) is 4. The van der Waals surface area contributed by atoms with Gasteiger partial charge in [0.25, 0.3) is 10.7 Å². The molecule has 0 fully saturated rings. The van der Waals surface area contributed by atoms with Gasteiger partial charge >= 0.3 is 0 Å². The molecule has 2 aromatic rings. The van der Waals surface area contributed by atoms with Crippen molar-refractivity contribution in [2.75, 3.05) is 0 Å². The number of nitrogens with zero attached hydrogens (tertiary/aromatic N) is 1. The van der Waals surface area contributed by atoms with E-state index in [4.69, 9.17) is 21.4 Å². The molecule has 0 aliphatic heterocycles. The highest BCUT2D eigenvalue weighted by molar-refractivity contribution is 7.71. The molecule has 17 heavy (non-hydrogen) atoms. The van der Waals surface area contributed by atoms with Gasteiger partial charge < -0.3 is 9.15 Å². The van der Waals surface area contributed by atoms with Crippen LogP contribution in [0, 0.1) is 4.84 Å². The Bertz CT molecular complexity index is 545. The summed E-state index contributed by atoms with van der Waals surface area (Å²) in [6.07, 6.45) is 0. The van der Waals surface area contributed by atoms with Crippen LogP contribution in [0.15, 0.2) is 28.7 Å². The Kier molecular flexibility index (Phi) is 3.58. The summed E-state index contributed by atoms with van der Waals surface area (Å²) in [6, 6.07) is 7.99. The maximum Gasteiger partial charge on any atom is 0.284 e. The second kappa shape index (κ2) is 5.14. The van der Waals surface area contributed by atoms with Crippen molar-refractivity contribution in [1.82, 2.24) is 10.2 Å². The zero-order chi connectivity index (χ0) is 12.3. The molecule has 0 unspecified atom stereocenters. The Hall–Kier alpha value is -1.62. The molecule has 1 N–H and O–H groups in total. The van der Waals surface area contributed by atoms with Crippen molar-refractivity contribution in [3.8, 4) is 5.75 Å². The monoisotopic (exact) mass is 250 g/mol. The van der Waals surface area contributed by atoms with Gasteiger partial charge in [-0.2, -0.15) is 0 Å². The Morgan fingerprint density at radius 1 is 1.47 bits per heavy atom. The van der Waals surface area contributed by atoms with Crippen molar-refractivity contribution in [3.63, 3.8) is 0 Å². The molecule has 0 bridgehead atoms. The first-order valence-corrected chi connectivity index (χ1v) is 5.83. The minimum absolute atomic E-state index is 0.263. The molecule has 0 amide bonds. The van der Waals surface area contributed by atoms with Gasteiger partial charge in [0.2, 0.25) is 0 Å². The second-order valence-corrected chi connectivity index (χ2v) is 4.39. The van der Waals surface area contributed by atoms with Crippen LogP contribution < -0.4 is 4.74 Å². The Balaban J connectivity index is 2.04. The lowest BCUT2D eigenvalue weighted by Crippen LogP contribution is -1.97. The normalized spacial score (nSPS) is 10.8. The fourth-order valence-corrected chi connectivity index (χ4v) is 1.57. The first kappa shape index (κ1) is 11.9. The van der Waals surface area contributed by atoms with E-state index >= 15 is 0 Å². The van der Waals surface area contributed by atoms with Crippen LogP contribution >= 0.6 is 12.2 Å². The predicted octanol–water partition coefficient (Wildman–Crippen LogP) is 3.43. The summed E-state index contributed by atoms with van der Waals surface area (Å²) in [6.45, 7) is 4.56. The number of aromatic nitrogens is 2. The number of ether oxygens (including phenoxy) is 1. The van der Waals surface area contributed by atoms with Gasteiger partial charge in [-0.1, -0.05) is 26.0 Å². The lowest BCUT2D eigenvalue weighted by atomic mass is 10.0. The van der Waals surface area contributed by atoms with Gasteiger partial charge in [-0.15, -0.1) is 5.10 Å². The zero-order valence-electron chi connectivity index (χ0n) is 9.77. The quantitative estimate of drug-likeness (QED) is 0.844. The van der Waals surface area contributed by atoms with E-state index in [9.17, 15) is 0 Å². The van der Waals surface area contributed by atoms with Gasteiger partial charge in [-0.05, 0) is 35.8 Å². The van der Waals surface area contributed by atoms with Crippen molar-refractivity contribution in [3.05, 3.63) is 40.6 Å². The maximum atomic E-state index is 5.57. The van der Waals surface area contributed by atoms with E-state index < -0.39 is 0 Å². The molecule has 0 aliphatic rings. The minimum Gasteiger partial charge on any atom is -0.484 e. The molecule has 90 valence electrons. The highest BCUT2D eigenvalue weighted by Gasteiger charge is 2.03. The number of benzene rings is 1. The van der Waals surface area contributed by atoms with Crippen LogP contribution in [0.3, 0.4) is 0 Å². The van der Waals surface area contributed by atoms with Crippen LogP contribution in [0.1, 0.15) is 31.2 Å². The molecule has 4 nitrogen and oxygen atoms in total. The predicted molar refractivity (Wildman–Crippen MR) is 66.6 cm³/mol. The summed E-state index contributed by atoms with van der Waals surface area (Å²) in [5.41, 5.74) is 1.24. The smallest absolute Gasteiger partial charge is 0.284 e. The summed E-state index contributed by atoms with van der Waals surface area (Å²) < 4.78 is 10.7. The van der Waals surface area contributed by atoms with Crippen molar-refractivity contribution in [2.45, 2.75) is 26.4 Å². The summed E-state index contributed by atoms with van der Waals surface area (Å²) in [5.74, 6) is 1.73. The molecule has 0 saturated carbocycles. The molecular formula is C12H14N2O2S. The lowest BCUT2D eigenvalue weighted by molar-refractivity contribution is 0.261. The van der Waals surface area contributed by atoms with E-state index in [0.717, 1.165) is 5.75 Å². The average Bonchev–Trinajstić information content (AvgIpc) is 2.73. The summed E-state index contributed by atoms with van der Waals surface area (Å²) in [7, 11) is 0. The topological polar surface area (TPSA) is 51.0 Å². The second-order valence-electron chi connectivity index (χ2n) is 4.02. The number of hydrogen-bond donors (Lipinski definition) is 1. The number of nitrogens with one attached hydrogen (secondary N) is 1. The molecule has 2 rings (SSSR count). The van der Waals surface area contributed by atoms with Crippen LogP contribution in [-0.2, 0) is 6.61 Å². The third-order valence-corrected chi connectivity index (χ3v) is 2.54. The molecule has 0 aliphatic carbocycles. The minimum atomic E-state index is 0.263. The molecule has 1 heterocycles. The van der Waals surface area contributed by atoms with E-state index in [1.165, 1.54) is 5.56 Å². The van der Waals surface area contributed by atoms with E-state index in [1.807, 2.05) is 18.2 Å². The molecule has 5 heteroatoms. The molecule has 1 aromatic carbocycles. The molecule has 0 atom stereocenters. The van der Waals surface area contributed by atoms with Gasteiger partial charge in [0, 0.05) is 0 Å². The SMILES string of the molecule is CC(C)c1cccc(OCc2n[nH]c(=S)o2)c1. The summed E-state index contributed by atoms with van der Waals surface area (Å²) >= 11 is 4.78. The summed E-state index contributed by atoms with van der Waals surface area (Å²) in [4.78, 5) is 0.263.